The molecule has 1 unspecified atom stereocenters. The van der Waals surface area contributed by atoms with Gasteiger partial charge in [0.15, 0.2) is 0 Å². The maximum atomic E-state index is 12.2. The molecule has 0 aliphatic rings. The maximum absolute atomic E-state index is 12.2. The van der Waals surface area contributed by atoms with Crippen LogP contribution in [0.4, 0.5) is 5.69 Å². The summed E-state index contributed by atoms with van der Waals surface area (Å²) in [5.41, 5.74) is 5.99. The number of hydrogen-bond donors (Lipinski definition) is 2. The van der Waals surface area contributed by atoms with Gasteiger partial charge in [-0.15, -0.1) is 0 Å². The van der Waals surface area contributed by atoms with Crippen LogP contribution in [0.2, 0.25) is 5.02 Å². The number of halogens is 1. The summed E-state index contributed by atoms with van der Waals surface area (Å²) in [5.74, 6) is 0.548. The van der Waals surface area contributed by atoms with Crippen molar-refractivity contribution in [1.29, 1.82) is 0 Å². The van der Waals surface area contributed by atoms with Crippen molar-refractivity contribution in [2.45, 2.75) is 44.6 Å². The van der Waals surface area contributed by atoms with Crippen LogP contribution in [-0.4, -0.2) is 14.5 Å². The molecule has 19 heavy (non-hydrogen) atoms. The van der Waals surface area contributed by atoms with Crippen LogP contribution < -0.4 is 10.5 Å². The Hall–Kier alpha value is -0.780. The number of nitrogens with two attached hydrogens (primary N) is 1. The SMILES string of the molecule is CC(C)CCC(C)NS(=O)(=O)c1ccc(N)cc1Cl. The van der Waals surface area contributed by atoms with E-state index in [0.717, 1.165) is 12.8 Å². The zero-order valence-electron chi connectivity index (χ0n) is 11.5. The zero-order valence-corrected chi connectivity index (χ0v) is 13.1. The molecule has 1 rings (SSSR count). The molecule has 0 saturated carbocycles. The molecule has 0 aromatic heterocycles. The number of sulfonamides is 1. The normalized spacial score (nSPS) is 13.7. The molecule has 4 nitrogen and oxygen atoms in total. The molecular formula is C13H21ClN2O2S. The monoisotopic (exact) mass is 304 g/mol. The summed E-state index contributed by atoms with van der Waals surface area (Å²) in [6.45, 7) is 6.07. The van der Waals surface area contributed by atoms with Crippen molar-refractivity contribution in [3.8, 4) is 0 Å². The second-order valence-corrected chi connectivity index (χ2v) is 7.27. The molecular weight excluding hydrogens is 284 g/mol. The molecule has 1 aromatic rings. The zero-order chi connectivity index (χ0) is 14.6. The quantitative estimate of drug-likeness (QED) is 0.793. The highest BCUT2D eigenvalue weighted by Crippen LogP contribution is 2.24. The Kier molecular flexibility index (Phi) is 5.64. The lowest BCUT2D eigenvalue weighted by Gasteiger charge is -2.16. The lowest BCUT2D eigenvalue weighted by Crippen LogP contribution is -2.33. The molecule has 0 spiro atoms. The van der Waals surface area contributed by atoms with Crippen molar-refractivity contribution >= 4 is 27.3 Å². The van der Waals surface area contributed by atoms with Crippen molar-refractivity contribution in [1.82, 2.24) is 4.72 Å². The minimum absolute atomic E-state index is 0.0692. The van der Waals surface area contributed by atoms with Crippen LogP contribution >= 0.6 is 11.6 Å². The van der Waals surface area contributed by atoms with Gasteiger partial charge in [-0.2, -0.15) is 0 Å². The Balaban J connectivity index is 2.81. The molecule has 6 heteroatoms. The van der Waals surface area contributed by atoms with Gasteiger partial charge >= 0.3 is 0 Å². The highest BCUT2D eigenvalue weighted by Gasteiger charge is 2.20. The number of anilines is 1. The van der Waals surface area contributed by atoms with E-state index in [9.17, 15) is 8.42 Å². The molecule has 0 saturated heterocycles. The van der Waals surface area contributed by atoms with Crippen LogP contribution in [0.15, 0.2) is 23.1 Å². The van der Waals surface area contributed by atoms with E-state index in [-0.39, 0.29) is 16.0 Å². The predicted octanol–water partition coefficient (Wildman–Crippen LogP) is 3.03. The smallest absolute Gasteiger partial charge is 0.242 e. The molecule has 0 amide bonds. The van der Waals surface area contributed by atoms with Crippen LogP contribution in [-0.2, 0) is 10.0 Å². The van der Waals surface area contributed by atoms with Crippen molar-refractivity contribution in [3.05, 3.63) is 23.2 Å². The molecule has 0 aliphatic heterocycles. The topological polar surface area (TPSA) is 72.2 Å². The van der Waals surface area contributed by atoms with E-state index in [1.165, 1.54) is 18.2 Å². The summed E-state index contributed by atoms with van der Waals surface area (Å²) in [5, 5.41) is 0.142. The first-order chi connectivity index (χ1) is 8.72. The van der Waals surface area contributed by atoms with Gasteiger partial charge in [0.25, 0.3) is 0 Å². The summed E-state index contributed by atoms with van der Waals surface area (Å²) in [7, 11) is -3.59. The van der Waals surface area contributed by atoms with E-state index in [2.05, 4.69) is 18.6 Å². The fraction of sp³-hybridized carbons (Fsp3) is 0.538. The highest BCUT2D eigenvalue weighted by molar-refractivity contribution is 7.89. The molecule has 1 atom stereocenters. The Labute approximate surface area is 120 Å². The highest BCUT2D eigenvalue weighted by atomic mass is 35.5. The summed E-state index contributed by atoms with van der Waals surface area (Å²) >= 11 is 5.93. The summed E-state index contributed by atoms with van der Waals surface area (Å²) in [6.07, 6.45) is 1.77. The number of rotatable bonds is 6. The van der Waals surface area contributed by atoms with E-state index in [0.29, 0.717) is 11.6 Å². The van der Waals surface area contributed by atoms with E-state index in [1.807, 2.05) is 6.92 Å². The second-order valence-electron chi connectivity index (χ2n) is 5.18. The van der Waals surface area contributed by atoms with Crippen molar-refractivity contribution in [2.75, 3.05) is 5.73 Å². The average Bonchev–Trinajstić information content (AvgIpc) is 2.25. The number of nitrogens with one attached hydrogen (secondary N) is 1. The number of hydrogen-bond acceptors (Lipinski definition) is 3. The molecule has 0 aliphatic carbocycles. The third-order valence-electron chi connectivity index (χ3n) is 2.78. The lowest BCUT2D eigenvalue weighted by molar-refractivity contribution is 0.485. The number of benzene rings is 1. The van der Waals surface area contributed by atoms with Crippen LogP contribution in [0.5, 0.6) is 0 Å². The molecule has 1 aromatic carbocycles. The van der Waals surface area contributed by atoms with Crippen LogP contribution in [0.1, 0.15) is 33.6 Å². The molecule has 0 radical (unpaired) electrons. The Bertz CT molecular complexity index is 529. The van der Waals surface area contributed by atoms with E-state index >= 15 is 0 Å². The summed E-state index contributed by atoms with van der Waals surface area (Å²) in [4.78, 5) is 0.0692. The van der Waals surface area contributed by atoms with Gasteiger partial charge < -0.3 is 5.73 Å². The predicted molar refractivity (Wildman–Crippen MR) is 79.7 cm³/mol. The molecule has 108 valence electrons. The fourth-order valence-corrected chi connectivity index (χ4v) is 3.54. The van der Waals surface area contributed by atoms with Gasteiger partial charge in [-0.3, -0.25) is 0 Å². The lowest BCUT2D eigenvalue weighted by atomic mass is 10.1. The van der Waals surface area contributed by atoms with E-state index < -0.39 is 10.0 Å². The first-order valence-electron chi connectivity index (χ1n) is 6.29. The van der Waals surface area contributed by atoms with Crippen molar-refractivity contribution < 1.29 is 8.42 Å². The summed E-state index contributed by atoms with van der Waals surface area (Å²) in [6, 6.07) is 4.27. The fourth-order valence-electron chi connectivity index (χ4n) is 1.71. The third-order valence-corrected chi connectivity index (χ3v) is 4.85. The van der Waals surface area contributed by atoms with Gasteiger partial charge in [0.2, 0.25) is 10.0 Å². The standard InChI is InChI=1S/C13H21ClN2O2S/c1-9(2)4-5-10(3)16-19(17,18)13-7-6-11(15)8-12(13)14/h6-10,16H,4-5,15H2,1-3H3. The van der Waals surface area contributed by atoms with E-state index in [4.69, 9.17) is 17.3 Å². The van der Waals surface area contributed by atoms with Gasteiger partial charge in [0.1, 0.15) is 4.90 Å². The maximum Gasteiger partial charge on any atom is 0.242 e. The van der Waals surface area contributed by atoms with Gasteiger partial charge in [0, 0.05) is 11.7 Å². The first kappa shape index (κ1) is 16.3. The Morgan fingerprint density at radius 1 is 1.26 bits per heavy atom. The number of nitrogen functional groups attached to an aromatic ring is 1. The van der Waals surface area contributed by atoms with Crippen LogP contribution in [0, 0.1) is 5.92 Å². The summed E-state index contributed by atoms with van der Waals surface area (Å²) < 4.78 is 27.0. The minimum atomic E-state index is -3.59. The van der Waals surface area contributed by atoms with Crippen LogP contribution in [0.3, 0.4) is 0 Å². The molecule has 0 bridgehead atoms. The molecule has 3 N–H and O–H groups in total. The molecule has 0 fully saturated rings. The molecule has 0 heterocycles. The minimum Gasteiger partial charge on any atom is -0.399 e. The Morgan fingerprint density at radius 2 is 1.89 bits per heavy atom. The Morgan fingerprint density at radius 3 is 2.42 bits per heavy atom. The van der Waals surface area contributed by atoms with E-state index in [1.54, 1.807) is 0 Å². The van der Waals surface area contributed by atoms with Gasteiger partial charge in [-0.25, -0.2) is 13.1 Å². The average molecular weight is 305 g/mol. The van der Waals surface area contributed by atoms with Crippen LogP contribution in [0.25, 0.3) is 0 Å². The van der Waals surface area contributed by atoms with Crippen molar-refractivity contribution in [2.24, 2.45) is 5.92 Å². The second kappa shape index (κ2) is 6.59. The van der Waals surface area contributed by atoms with Gasteiger partial charge in [-0.1, -0.05) is 25.4 Å². The van der Waals surface area contributed by atoms with Gasteiger partial charge in [0.05, 0.1) is 5.02 Å². The first-order valence-corrected chi connectivity index (χ1v) is 8.16. The van der Waals surface area contributed by atoms with Crippen molar-refractivity contribution in [3.63, 3.8) is 0 Å². The third kappa shape index (κ3) is 5.01. The van der Waals surface area contributed by atoms with Gasteiger partial charge in [-0.05, 0) is 43.9 Å². The largest absolute Gasteiger partial charge is 0.399 e.